The van der Waals surface area contributed by atoms with Gasteiger partial charge in [-0.3, -0.25) is 10.2 Å². The van der Waals surface area contributed by atoms with E-state index in [0.717, 1.165) is 6.29 Å². The Morgan fingerprint density at radius 1 is 1.53 bits per heavy atom. The summed E-state index contributed by atoms with van der Waals surface area (Å²) in [5, 5.41) is 9.52. The van der Waals surface area contributed by atoms with E-state index in [4.69, 9.17) is 16.9 Å². The van der Waals surface area contributed by atoms with Gasteiger partial charge in [-0.15, -0.1) is 0 Å². The highest BCUT2D eigenvalue weighted by molar-refractivity contribution is 5.80. The standard InChI is InChI=1S/C9H18N4O2/c1-6(5-14)7(8(10)15)3-2-4-13-9(11)12/h5-7H,2-4H2,1H3,(H2,10,15)(H4,11,12,13)/t6-,7?/m1/s1. The number of guanidine groups is 1. The minimum atomic E-state index is -0.461. The predicted molar refractivity (Wildman–Crippen MR) is 57.1 cm³/mol. The minimum absolute atomic E-state index is 0.103. The Hall–Kier alpha value is -1.59. The van der Waals surface area contributed by atoms with Gasteiger partial charge in [-0.05, 0) is 12.8 Å². The third-order valence-electron chi connectivity index (χ3n) is 2.22. The van der Waals surface area contributed by atoms with Gasteiger partial charge in [0.1, 0.15) is 6.29 Å². The molecule has 0 fully saturated rings. The van der Waals surface area contributed by atoms with Crippen LogP contribution in [0.1, 0.15) is 19.8 Å². The number of nitrogens with one attached hydrogen (secondary N) is 2. The fraction of sp³-hybridized carbons (Fsp3) is 0.667. The van der Waals surface area contributed by atoms with E-state index in [9.17, 15) is 9.59 Å². The zero-order valence-electron chi connectivity index (χ0n) is 8.82. The number of primary amides is 1. The van der Waals surface area contributed by atoms with E-state index < -0.39 is 11.8 Å². The molecule has 0 aliphatic heterocycles. The quantitative estimate of drug-likeness (QED) is 0.191. The largest absolute Gasteiger partial charge is 0.370 e. The molecule has 0 saturated heterocycles. The van der Waals surface area contributed by atoms with Crippen LogP contribution in [0.5, 0.6) is 0 Å². The molecule has 1 unspecified atom stereocenters. The van der Waals surface area contributed by atoms with Crippen LogP contribution in [0.15, 0.2) is 0 Å². The molecule has 0 aliphatic rings. The summed E-state index contributed by atoms with van der Waals surface area (Å²) in [5.41, 5.74) is 10.2. The Kier molecular flexibility index (Phi) is 6.08. The molecular weight excluding hydrogens is 196 g/mol. The Balaban J connectivity index is 3.92. The minimum Gasteiger partial charge on any atom is -0.370 e. The van der Waals surface area contributed by atoms with Crippen molar-refractivity contribution in [3.63, 3.8) is 0 Å². The number of aldehydes is 1. The van der Waals surface area contributed by atoms with Crippen LogP contribution in [0.2, 0.25) is 0 Å². The molecular formula is C9H18N4O2. The number of carbonyl (C=O) groups excluding carboxylic acids is 2. The fourth-order valence-corrected chi connectivity index (χ4v) is 1.30. The maximum Gasteiger partial charge on any atom is 0.221 e. The lowest BCUT2D eigenvalue weighted by Crippen LogP contribution is -2.33. The molecule has 0 heterocycles. The van der Waals surface area contributed by atoms with Crippen molar-refractivity contribution in [2.75, 3.05) is 6.54 Å². The van der Waals surface area contributed by atoms with Gasteiger partial charge in [-0.2, -0.15) is 0 Å². The first kappa shape index (κ1) is 13.4. The van der Waals surface area contributed by atoms with Gasteiger partial charge < -0.3 is 21.6 Å². The van der Waals surface area contributed by atoms with E-state index in [2.05, 4.69) is 5.32 Å². The summed E-state index contributed by atoms with van der Waals surface area (Å²) in [6, 6.07) is 0. The highest BCUT2D eigenvalue weighted by Gasteiger charge is 2.21. The second-order valence-electron chi connectivity index (χ2n) is 3.49. The molecule has 0 aromatic rings. The highest BCUT2D eigenvalue weighted by Crippen LogP contribution is 2.14. The van der Waals surface area contributed by atoms with Crippen LogP contribution in [0.25, 0.3) is 0 Å². The lowest BCUT2D eigenvalue weighted by Gasteiger charge is -2.15. The van der Waals surface area contributed by atoms with Crippen molar-refractivity contribution in [1.29, 1.82) is 5.41 Å². The normalized spacial score (nSPS) is 13.9. The first-order valence-corrected chi connectivity index (χ1v) is 4.81. The number of carbonyl (C=O) groups is 2. The molecule has 2 atom stereocenters. The van der Waals surface area contributed by atoms with Crippen molar-refractivity contribution in [3.8, 4) is 0 Å². The van der Waals surface area contributed by atoms with Gasteiger partial charge in [0.2, 0.25) is 5.91 Å². The number of hydrogen-bond acceptors (Lipinski definition) is 3. The molecule has 6 N–H and O–H groups in total. The van der Waals surface area contributed by atoms with Gasteiger partial charge in [0.25, 0.3) is 0 Å². The van der Waals surface area contributed by atoms with Crippen molar-refractivity contribution < 1.29 is 9.59 Å². The third-order valence-corrected chi connectivity index (χ3v) is 2.22. The lowest BCUT2D eigenvalue weighted by molar-refractivity contribution is -0.126. The summed E-state index contributed by atoms with van der Waals surface area (Å²) in [6.45, 7) is 2.17. The Bertz CT molecular complexity index is 242. The van der Waals surface area contributed by atoms with Gasteiger partial charge in [-0.25, -0.2) is 0 Å². The summed E-state index contributed by atoms with van der Waals surface area (Å²) in [5.74, 6) is -1.36. The van der Waals surface area contributed by atoms with Crippen LogP contribution >= 0.6 is 0 Å². The van der Waals surface area contributed by atoms with Gasteiger partial charge >= 0.3 is 0 Å². The number of nitrogens with two attached hydrogens (primary N) is 2. The maximum atomic E-state index is 11.0. The van der Waals surface area contributed by atoms with Crippen molar-refractivity contribution in [3.05, 3.63) is 0 Å². The van der Waals surface area contributed by atoms with Crippen molar-refractivity contribution in [2.24, 2.45) is 23.3 Å². The van der Waals surface area contributed by atoms with E-state index >= 15 is 0 Å². The average molecular weight is 214 g/mol. The molecule has 0 aromatic carbocycles. The smallest absolute Gasteiger partial charge is 0.221 e. The highest BCUT2D eigenvalue weighted by atomic mass is 16.1. The van der Waals surface area contributed by atoms with Crippen molar-refractivity contribution in [1.82, 2.24) is 5.32 Å². The van der Waals surface area contributed by atoms with Crippen LogP contribution in [0.4, 0.5) is 0 Å². The zero-order valence-corrected chi connectivity index (χ0v) is 8.82. The summed E-state index contributed by atoms with van der Waals surface area (Å²) < 4.78 is 0. The Labute approximate surface area is 88.9 Å². The van der Waals surface area contributed by atoms with Crippen LogP contribution in [-0.2, 0) is 9.59 Å². The number of hydrogen-bond donors (Lipinski definition) is 4. The molecule has 0 aliphatic carbocycles. The number of rotatable bonds is 7. The van der Waals surface area contributed by atoms with Gasteiger partial charge in [0.05, 0.1) is 0 Å². The maximum absolute atomic E-state index is 11.0. The van der Waals surface area contributed by atoms with Gasteiger partial charge in [0, 0.05) is 18.4 Å². The molecule has 0 aromatic heterocycles. The van der Waals surface area contributed by atoms with Crippen LogP contribution in [0, 0.1) is 17.2 Å². The third kappa shape index (κ3) is 5.66. The van der Waals surface area contributed by atoms with E-state index in [0.29, 0.717) is 19.4 Å². The molecule has 0 rings (SSSR count). The molecule has 0 saturated carbocycles. The SMILES string of the molecule is C[C@H](C=O)C(CCCNC(=N)N)C(N)=O. The molecule has 15 heavy (non-hydrogen) atoms. The molecule has 0 spiro atoms. The van der Waals surface area contributed by atoms with E-state index in [-0.39, 0.29) is 11.9 Å². The van der Waals surface area contributed by atoms with Gasteiger partial charge in [0.15, 0.2) is 5.96 Å². The van der Waals surface area contributed by atoms with Gasteiger partial charge in [-0.1, -0.05) is 6.92 Å². The Morgan fingerprint density at radius 2 is 2.13 bits per heavy atom. The lowest BCUT2D eigenvalue weighted by atomic mass is 9.90. The van der Waals surface area contributed by atoms with E-state index in [1.807, 2.05) is 0 Å². The Morgan fingerprint density at radius 3 is 2.53 bits per heavy atom. The summed E-state index contributed by atoms with van der Waals surface area (Å²) in [6.07, 6.45) is 1.90. The summed E-state index contributed by atoms with van der Waals surface area (Å²) >= 11 is 0. The first-order valence-electron chi connectivity index (χ1n) is 4.81. The molecule has 0 bridgehead atoms. The van der Waals surface area contributed by atoms with Crippen LogP contribution in [0.3, 0.4) is 0 Å². The first-order chi connectivity index (χ1) is 6.99. The van der Waals surface area contributed by atoms with Crippen molar-refractivity contribution >= 4 is 18.2 Å². The topological polar surface area (TPSA) is 122 Å². The van der Waals surface area contributed by atoms with Crippen LogP contribution < -0.4 is 16.8 Å². The molecule has 86 valence electrons. The van der Waals surface area contributed by atoms with Crippen LogP contribution in [-0.4, -0.2) is 24.7 Å². The summed E-state index contributed by atoms with van der Waals surface area (Å²) in [7, 11) is 0. The summed E-state index contributed by atoms with van der Waals surface area (Å²) in [4.78, 5) is 21.5. The fourth-order valence-electron chi connectivity index (χ4n) is 1.30. The second-order valence-corrected chi connectivity index (χ2v) is 3.49. The second kappa shape index (κ2) is 6.80. The van der Waals surface area contributed by atoms with E-state index in [1.165, 1.54) is 0 Å². The average Bonchev–Trinajstić information content (AvgIpc) is 2.15. The molecule has 1 amide bonds. The predicted octanol–water partition coefficient (Wildman–Crippen LogP) is -0.814. The monoisotopic (exact) mass is 214 g/mol. The van der Waals surface area contributed by atoms with Crippen molar-refractivity contribution in [2.45, 2.75) is 19.8 Å². The molecule has 6 heteroatoms. The van der Waals surface area contributed by atoms with E-state index in [1.54, 1.807) is 6.92 Å². The molecule has 0 radical (unpaired) electrons. The zero-order chi connectivity index (χ0) is 11.8. The number of amides is 1. The molecule has 6 nitrogen and oxygen atoms in total.